The van der Waals surface area contributed by atoms with E-state index in [0.717, 1.165) is 16.7 Å². The van der Waals surface area contributed by atoms with E-state index in [1.807, 2.05) is 18.2 Å². The maximum Gasteiger partial charge on any atom is 0.302 e. The van der Waals surface area contributed by atoms with E-state index in [4.69, 9.17) is 4.42 Å². The Bertz CT molecular complexity index is 1430. The summed E-state index contributed by atoms with van der Waals surface area (Å²) in [6.45, 7) is 3.80. The molecule has 4 aromatic rings. The maximum atomic E-state index is 13.4. The molecule has 166 valence electrons. The molecule has 0 bridgehead atoms. The fourth-order valence-electron chi connectivity index (χ4n) is 3.94. The molecule has 0 unspecified atom stereocenters. The number of aromatic nitrogens is 1. The number of nitrogens with zero attached hydrogens (tertiary/aromatic N) is 2. The number of aliphatic hydroxyl groups excluding tert-OH is 1. The van der Waals surface area contributed by atoms with Crippen molar-refractivity contribution in [2.24, 2.45) is 0 Å². The quantitative estimate of drug-likeness (QED) is 0.245. The molecule has 3 heterocycles. The number of Topliss-reactive ketones (excluding diaryl/α,β-unsaturated/α-hetero) is 1. The SMILES string of the molecule is CCc1ccc2nc(N3C(=O)C(=O)C(=C(O)c4ccc(F)cc4)[C@@H]3c3ccc(C)o3)sc2c1. The van der Waals surface area contributed by atoms with Gasteiger partial charge in [-0.15, -0.1) is 0 Å². The smallest absolute Gasteiger partial charge is 0.302 e. The molecule has 1 fully saturated rings. The minimum atomic E-state index is -1.00. The molecule has 1 aliphatic heterocycles. The molecule has 2 aromatic heterocycles. The Morgan fingerprint density at radius 1 is 1.15 bits per heavy atom. The lowest BCUT2D eigenvalue weighted by molar-refractivity contribution is -0.132. The van der Waals surface area contributed by atoms with Crippen molar-refractivity contribution in [2.75, 3.05) is 4.90 Å². The lowest BCUT2D eigenvalue weighted by Gasteiger charge is -2.20. The minimum Gasteiger partial charge on any atom is -0.507 e. The fraction of sp³-hybridized carbons (Fsp3) is 0.160. The van der Waals surface area contributed by atoms with Gasteiger partial charge in [0.25, 0.3) is 5.78 Å². The van der Waals surface area contributed by atoms with Crippen LogP contribution in [0.5, 0.6) is 0 Å². The van der Waals surface area contributed by atoms with Crippen molar-refractivity contribution in [3.8, 4) is 0 Å². The Kier molecular flexibility index (Phi) is 5.09. The number of aliphatic hydroxyl groups is 1. The van der Waals surface area contributed by atoms with E-state index in [1.165, 1.54) is 40.5 Å². The monoisotopic (exact) mass is 462 g/mol. The van der Waals surface area contributed by atoms with E-state index >= 15 is 0 Å². The number of hydrogen-bond acceptors (Lipinski definition) is 6. The van der Waals surface area contributed by atoms with Gasteiger partial charge in [-0.1, -0.05) is 24.3 Å². The topological polar surface area (TPSA) is 83.6 Å². The maximum absolute atomic E-state index is 13.4. The molecule has 0 aliphatic carbocycles. The van der Waals surface area contributed by atoms with E-state index in [0.29, 0.717) is 22.2 Å². The fourth-order valence-corrected chi connectivity index (χ4v) is 5.00. The number of halogens is 1. The molecular formula is C25H19FN2O4S. The summed E-state index contributed by atoms with van der Waals surface area (Å²) >= 11 is 1.29. The largest absolute Gasteiger partial charge is 0.507 e. The summed E-state index contributed by atoms with van der Waals surface area (Å²) in [5.74, 6) is -1.63. The molecular weight excluding hydrogens is 443 g/mol. The van der Waals surface area contributed by atoms with Crippen LogP contribution in [-0.4, -0.2) is 21.8 Å². The average molecular weight is 463 g/mol. The van der Waals surface area contributed by atoms with Gasteiger partial charge in [0, 0.05) is 5.56 Å². The zero-order valence-electron chi connectivity index (χ0n) is 17.8. The molecule has 33 heavy (non-hydrogen) atoms. The number of rotatable bonds is 4. The van der Waals surface area contributed by atoms with Crippen LogP contribution in [0, 0.1) is 12.7 Å². The molecule has 0 saturated carbocycles. The predicted molar refractivity (Wildman–Crippen MR) is 124 cm³/mol. The van der Waals surface area contributed by atoms with Crippen LogP contribution < -0.4 is 4.90 Å². The third kappa shape index (κ3) is 3.52. The molecule has 1 amide bonds. The molecule has 1 atom stereocenters. The predicted octanol–water partition coefficient (Wildman–Crippen LogP) is 5.53. The lowest BCUT2D eigenvalue weighted by Crippen LogP contribution is -2.29. The number of anilines is 1. The highest BCUT2D eigenvalue weighted by Gasteiger charge is 2.49. The number of thiazole rings is 1. The van der Waals surface area contributed by atoms with Crippen molar-refractivity contribution in [3.05, 3.63) is 88.6 Å². The number of fused-ring (bicyclic) bond motifs is 1. The van der Waals surface area contributed by atoms with E-state index in [1.54, 1.807) is 19.1 Å². The number of aryl methyl sites for hydroxylation is 2. The molecule has 1 saturated heterocycles. The van der Waals surface area contributed by atoms with Gasteiger partial charge in [-0.2, -0.15) is 0 Å². The molecule has 5 rings (SSSR count). The van der Waals surface area contributed by atoms with E-state index < -0.39 is 29.3 Å². The van der Waals surface area contributed by atoms with Crippen LogP contribution in [0.15, 0.2) is 64.6 Å². The molecule has 8 heteroatoms. The second kappa shape index (κ2) is 7.97. The van der Waals surface area contributed by atoms with Crippen molar-refractivity contribution in [1.29, 1.82) is 0 Å². The summed E-state index contributed by atoms with van der Waals surface area (Å²) < 4.78 is 20.1. The molecule has 0 radical (unpaired) electrons. The summed E-state index contributed by atoms with van der Waals surface area (Å²) in [6, 6.07) is 13.3. The summed E-state index contributed by atoms with van der Waals surface area (Å²) in [4.78, 5) is 32.2. The zero-order chi connectivity index (χ0) is 23.3. The van der Waals surface area contributed by atoms with Gasteiger partial charge in [0.2, 0.25) is 0 Å². The first-order chi connectivity index (χ1) is 15.9. The highest BCUT2D eigenvalue weighted by molar-refractivity contribution is 7.22. The van der Waals surface area contributed by atoms with Gasteiger partial charge in [-0.3, -0.25) is 14.5 Å². The molecule has 2 aromatic carbocycles. The van der Waals surface area contributed by atoms with Gasteiger partial charge >= 0.3 is 5.91 Å². The number of hydrogen-bond donors (Lipinski definition) is 1. The van der Waals surface area contributed by atoms with Crippen LogP contribution in [-0.2, 0) is 16.0 Å². The van der Waals surface area contributed by atoms with Crippen molar-refractivity contribution < 1.29 is 23.5 Å². The third-order valence-corrected chi connectivity index (χ3v) is 6.67. The molecule has 1 N–H and O–H groups in total. The average Bonchev–Trinajstić information content (AvgIpc) is 3.49. The number of benzene rings is 2. The van der Waals surface area contributed by atoms with Crippen molar-refractivity contribution >= 4 is 44.1 Å². The van der Waals surface area contributed by atoms with E-state index in [9.17, 15) is 19.1 Å². The van der Waals surface area contributed by atoms with Gasteiger partial charge in [0.15, 0.2) is 5.13 Å². The number of carbonyl (C=O) groups excluding carboxylic acids is 2. The summed E-state index contributed by atoms with van der Waals surface area (Å²) in [5.41, 5.74) is 1.94. The third-order valence-electron chi connectivity index (χ3n) is 5.65. The highest BCUT2D eigenvalue weighted by atomic mass is 32.1. The first-order valence-corrected chi connectivity index (χ1v) is 11.2. The van der Waals surface area contributed by atoms with Crippen LogP contribution in [0.4, 0.5) is 9.52 Å². The van der Waals surface area contributed by atoms with Crippen LogP contribution >= 0.6 is 11.3 Å². The standard InChI is InChI=1S/C25H19FN2O4S/c1-3-14-5-10-17-19(12-14)33-25(27-17)28-21(18-11-4-13(2)32-18)20(23(30)24(28)31)22(29)15-6-8-16(26)9-7-15/h4-12,21,29H,3H2,1-2H3/t21-/m0/s1. The van der Waals surface area contributed by atoms with Crippen LogP contribution in [0.1, 0.15) is 35.6 Å². The highest BCUT2D eigenvalue weighted by Crippen LogP contribution is 2.44. The number of furan rings is 1. The second-order valence-corrected chi connectivity index (χ2v) is 8.79. The first-order valence-electron chi connectivity index (χ1n) is 10.4. The number of ketones is 1. The van der Waals surface area contributed by atoms with Gasteiger partial charge in [-0.25, -0.2) is 9.37 Å². The Balaban J connectivity index is 1.70. The Morgan fingerprint density at radius 3 is 2.58 bits per heavy atom. The number of carbonyl (C=O) groups is 2. The Hall–Kier alpha value is -3.78. The van der Waals surface area contributed by atoms with Gasteiger partial charge < -0.3 is 9.52 Å². The zero-order valence-corrected chi connectivity index (χ0v) is 18.6. The molecule has 0 spiro atoms. The van der Waals surface area contributed by atoms with Crippen LogP contribution in [0.25, 0.3) is 16.0 Å². The van der Waals surface area contributed by atoms with Crippen molar-refractivity contribution in [2.45, 2.75) is 26.3 Å². The summed E-state index contributed by atoms with van der Waals surface area (Å²) in [6.07, 6.45) is 0.858. The Morgan fingerprint density at radius 2 is 1.91 bits per heavy atom. The van der Waals surface area contributed by atoms with Crippen molar-refractivity contribution in [1.82, 2.24) is 4.98 Å². The molecule has 6 nitrogen and oxygen atoms in total. The summed E-state index contributed by atoms with van der Waals surface area (Å²) in [5, 5.41) is 11.3. The summed E-state index contributed by atoms with van der Waals surface area (Å²) in [7, 11) is 0. The van der Waals surface area contributed by atoms with Crippen LogP contribution in [0.2, 0.25) is 0 Å². The van der Waals surface area contributed by atoms with Gasteiger partial charge in [0.1, 0.15) is 29.1 Å². The Labute approximate surface area is 192 Å². The van der Waals surface area contributed by atoms with Gasteiger partial charge in [-0.05, 0) is 67.4 Å². The molecule has 1 aliphatic rings. The van der Waals surface area contributed by atoms with Crippen molar-refractivity contribution in [3.63, 3.8) is 0 Å². The van der Waals surface area contributed by atoms with Crippen LogP contribution in [0.3, 0.4) is 0 Å². The lowest BCUT2D eigenvalue weighted by atomic mass is 9.99. The van der Waals surface area contributed by atoms with E-state index in [-0.39, 0.29) is 11.1 Å². The second-order valence-electron chi connectivity index (χ2n) is 7.78. The number of amides is 1. The normalized spacial score (nSPS) is 17.9. The van der Waals surface area contributed by atoms with Gasteiger partial charge in [0.05, 0.1) is 15.8 Å². The van der Waals surface area contributed by atoms with E-state index in [2.05, 4.69) is 11.9 Å². The minimum absolute atomic E-state index is 0.130. The first kappa shape index (κ1) is 21.1.